The Balaban J connectivity index is 1.87. The van der Waals surface area contributed by atoms with E-state index < -0.39 is 0 Å². The summed E-state index contributed by atoms with van der Waals surface area (Å²) in [5.41, 5.74) is 6.83. The van der Waals surface area contributed by atoms with Gasteiger partial charge in [-0.05, 0) is 32.7 Å². The fourth-order valence-corrected chi connectivity index (χ4v) is 3.13. The van der Waals surface area contributed by atoms with E-state index in [0.717, 1.165) is 25.9 Å². The van der Waals surface area contributed by atoms with Crippen molar-refractivity contribution < 1.29 is 0 Å². The number of aryl methyl sites for hydroxylation is 1. The van der Waals surface area contributed by atoms with Crippen LogP contribution in [0.2, 0.25) is 0 Å². The molecule has 3 nitrogen and oxygen atoms in total. The topological polar surface area (TPSA) is 29.9 Å². The third kappa shape index (κ3) is 2.06. The van der Waals surface area contributed by atoms with Crippen LogP contribution in [0.1, 0.15) is 35.7 Å². The highest BCUT2D eigenvalue weighted by Crippen LogP contribution is 2.40. The summed E-state index contributed by atoms with van der Waals surface area (Å²) >= 11 is 0. The fraction of sp³-hybridized carbons (Fsp3) is 0.471. The number of nitrogens with one attached hydrogen (secondary N) is 1. The van der Waals surface area contributed by atoms with Crippen LogP contribution in [0.15, 0.2) is 24.3 Å². The Bertz CT molecular complexity index is 620. The molecule has 0 bridgehead atoms. The predicted molar refractivity (Wildman–Crippen MR) is 80.9 cm³/mol. The zero-order valence-electron chi connectivity index (χ0n) is 12.0. The smallest absolute Gasteiger partial charge is 0.0720 e. The third-order valence-corrected chi connectivity index (χ3v) is 4.40. The molecule has 1 aliphatic heterocycles. The highest BCUT2D eigenvalue weighted by Gasteiger charge is 2.30. The van der Waals surface area contributed by atoms with Crippen molar-refractivity contribution in [2.45, 2.75) is 38.6 Å². The molecule has 4 rings (SSSR count). The maximum atomic E-state index is 4.95. The monoisotopic (exact) mass is 267 g/mol. The Morgan fingerprint density at radius 1 is 1.10 bits per heavy atom. The van der Waals surface area contributed by atoms with Crippen LogP contribution in [-0.4, -0.2) is 22.9 Å². The van der Waals surface area contributed by atoms with E-state index in [4.69, 9.17) is 5.10 Å². The molecular weight excluding hydrogens is 246 g/mol. The summed E-state index contributed by atoms with van der Waals surface area (Å²) in [5, 5.41) is 8.43. The first-order valence-corrected chi connectivity index (χ1v) is 7.71. The highest BCUT2D eigenvalue weighted by atomic mass is 15.3. The molecule has 1 N–H and O–H groups in total. The predicted octanol–water partition coefficient (Wildman–Crippen LogP) is 2.88. The van der Waals surface area contributed by atoms with Gasteiger partial charge in [0.15, 0.2) is 0 Å². The average Bonchev–Trinajstić information content (AvgIpc) is 3.26. The van der Waals surface area contributed by atoms with Crippen molar-refractivity contribution >= 4 is 0 Å². The van der Waals surface area contributed by atoms with Crippen molar-refractivity contribution in [3.8, 4) is 11.3 Å². The minimum Gasteiger partial charge on any atom is -0.316 e. The lowest BCUT2D eigenvalue weighted by Gasteiger charge is -2.09. The van der Waals surface area contributed by atoms with E-state index in [-0.39, 0.29) is 0 Å². The average molecular weight is 267 g/mol. The quantitative estimate of drug-likeness (QED) is 0.906. The van der Waals surface area contributed by atoms with Gasteiger partial charge in [-0.2, -0.15) is 5.10 Å². The van der Waals surface area contributed by atoms with Crippen LogP contribution in [0.4, 0.5) is 0 Å². The number of nitrogens with zero attached hydrogens (tertiary/aromatic N) is 2. The fourth-order valence-electron chi connectivity index (χ4n) is 3.13. The van der Waals surface area contributed by atoms with E-state index in [1.54, 1.807) is 0 Å². The van der Waals surface area contributed by atoms with Crippen molar-refractivity contribution in [2.24, 2.45) is 0 Å². The van der Waals surface area contributed by atoms with Gasteiger partial charge in [-0.15, -0.1) is 0 Å². The second-order valence-electron chi connectivity index (χ2n) is 6.07. The molecule has 1 aromatic carbocycles. The first-order valence-electron chi connectivity index (χ1n) is 7.71. The molecule has 104 valence electrons. The molecule has 0 spiro atoms. The molecule has 0 unspecified atom stereocenters. The summed E-state index contributed by atoms with van der Waals surface area (Å²) in [4.78, 5) is 0. The SMILES string of the molecule is Cc1ccc(-c2c3c(nn2C2CC2)CCNCC3)cc1. The Hall–Kier alpha value is -1.61. The van der Waals surface area contributed by atoms with Crippen LogP contribution in [0.25, 0.3) is 11.3 Å². The van der Waals surface area contributed by atoms with E-state index in [1.807, 2.05) is 0 Å². The van der Waals surface area contributed by atoms with Crippen molar-refractivity contribution in [1.29, 1.82) is 0 Å². The van der Waals surface area contributed by atoms with Crippen molar-refractivity contribution in [2.75, 3.05) is 13.1 Å². The van der Waals surface area contributed by atoms with Crippen molar-refractivity contribution in [1.82, 2.24) is 15.1 Å². The molecular formula is C17H21N3. The molecule has 0 atom stereocenters. The molecule has 1 aliphatic carbocycles. The van der Waals surface area contributed by atoms with Crippen molar-refractivity contribution in [3.63, 3.8) is 0 Å². The zero-order chi connectivity index (χ0) is 13.5. The largest absolute Gasteiger partial charge is 0.316 e. The van der Waals surface area contributed by atoms with Gasteiger partial charge in [-0.3, -0.25) is 4.68 Å². The van der Waals surface area contributed by atoms with Gasteiger partial charge in [0.1, 0.15) is 0 Å². The lowest BCUT2D eigenvalue weighted by atomic mass is 10.0. The number of hydrogen-bond donors (Lipinski definition) is 1. The molecule has 2 heterocycles. The van der Waals surface area contributed by atoms with Crippen LogP contribution in [0.3, 0.4) is 0 Å². The van der Waals surface area contributed by atoms with Gasteiger partial charge in [0.2, 0.25) is 0 Å². The summed E-state index contributed by atoms with van der Waals surface area (Å²) in [6.07, 6.45) is 4.74. The first kappa shape index (κ1) is 12.2. The number of hydrogen-bond acceptors (Lipinski definition) is 2. The molecule has 3 heteroatoms. The summed E-state index contributed by atoms with van der Waals surface area (Å²) in [6.45, 7) is 4.27. The normalized spacial score (nSPS) is 18.6. The van der Waals surface area contributed by atoms with Gasteiger partial charge in [0.25, 0.3) is 0 Å². The Labute approximate surface area is 120 Å². The summed E-state index contributed by atoms with van der Waals surface area (Å²) in [6, 6.07) is 9.57. The molecule has 20 heavy (non-hydrogen) atoms. The number of aromatic nitrogens is 2. The summed E-state index contributed by atoms with van der Waals surface area (Å²) in [7, 11) is 0. The van der Waals surface area contributed by atoms with E-state index in [1.165, 1.54) is 40.9 Å². The standard InChI is InChI=1S/C17H21N3/c1-12-2-4-13(5-3-12)17-15-8-10-18-11-9-16(15)19-20(17)14-6-7-14/h2-5,14,18H,6-11H2,1H3. The van der Waals surface area contributed by atoms with Gasteiger partial charge < -0.3 is 5.32 Å². The van der Waals surface area contributed by atoms with Crippen molar-refractivity contribution in [3.05, 3.63) is 41.1 Å². The Kier molecular flexibility index (Phi) is 2.88. The van der Waals surface area contributed by atoms with Crippen LogP contribution < -0.4 is 5.32 Å². The lowest BCUT2D eigenvalue weighted by Crippen LogP contribution is -2.17. The van der Waals surface area contributed by atoms with E-state index in [9.17, 15) is 0 Å². The zero-order valence-corrected chi connectivity index (χ0v) is 12.0. The molecule has 1 aromatic heterocycles. The molecule has 0 radical (unpaired) electrons. The van der Waals surface area contributed by atoms with Gasteiger partial charge in [0.05, 0.1) is 17.4 Å². The van der Waals surface area contributed by atoms with Crippen LogP contribution >= 0.6 is 0 Å². The highest BCUT2D eigenvalue weighted by molar-refractivity contribution is 5.65. The van der Waals surface area contributed by atoms with Gasteiger partial charge in [0, 0.05) is 24.1 Å². The first-order chi connectivity index (χ1) is 9.83. The molecule has 0 amide bonds. The number of benzene rings is 1. The minimum absolute atomic E-state index is 0.645. The Morgan fingerprint density at radius 3 is 2.60 bits per heavy atom. The summed E-state index contributed by atoms with van der Waals surface area (Å²) < 4.78 is 2.32. The summed E-state index contributed by atoms with van der Waals surface area (Å²) in [5.74, 6) is 0. The van der Waals surface area contributed by atoms with Crippen LogP contribution in [0.5, 0.6) is 0 Å². The number of rotatable bonds is 2. The third-order valence-electron chi connectivity index (χ3n) is 4.40. The van der Waals surface area contributed by atoms with Crippen LogP contribution in [0, 0.1) is 6.92 Å². The number of fused-ring (bicyclic) bond motifs is 1. The molecule has 2 aromatic rings. The molecule has 1 saturated carbocycles. The second kappa shape index (κ2) is 4.74. The van der Waals surface area contributed by atoms with E-state index in [2.05, 4.69) is 41.2 Å². The van der Waals surface area contributed by atoms with Gasteiger partial charge in [-0.25, -0.2) is 0 Å². The molecule has 2 aliphatic rings. The molecule has 1 fully saturated rings. The van der Waals surface area contributed by atoms with Gasteiger partial charge >= 0.3 is 0 Å². The van der Waals surface area contributed by atoms with Gasteiger partial charge in [-0.1, -0.05) is 29.8 Å². The maximum absolute atomic E-state index is 4.95. The second-order valence-corrected chi connectivity index (χ2v) is 6.07. The van der Waals surface area contributed by atoms with Crippen LogP contribution in [-0.2, 0) is 12.8 Å². The molecule has 0 saturated heterocycles. The minimum atomic E-state index is 0.645. The maximum Gasteiger partial charge on any atom is 0.0720 e. The van der Waals surface area contributed by atoms with E-state index >= 15 is 0 Å². The van der Waals surface area contributed by atoms with E-state index in [0.29, 0.717) is 6.04 Å². The lowest BCUT2D eigenvalue weighted by molar-refractivity contribution is 0.624. The Morgan fingerprint density at radius 2 is 1.85 bits per heavy atom.